The fourth-order valence-electron chi connectivity index (χ4n) is 4.52. The molecule has 6 nitrogen and oxygen atoms in total. The summed E-state index contributed by atoms with van der Waals surface area (Å²) in [5.41, 5.74) is 0.896. The molecule has 1 saturated heterocycles. The monoisotopic (exact) mass is 450 g/mol. The van der Waals surface area contributed by atoms with Crippen LogP contribution in [0.2, 0.25) is 0 Å². The molecule has 3 rings (SSSR count). The van der Waals surface area contributed by atoms with Crippen molar-refractivity contribution >= 4 is 5.97 Å². The first-order valence-electron chi connectivity index (χ1n) is 11.7. The van der Waals surface area contributed by atoms with Gasteiger partial charge >= 0.3 is 5.97 Å². The standard InChI is InChI=1S/C25H35FO6/c26-19-12-10-18(11-13-19)16-30-17-21-20(7-3-1-2-4-8-24(28)29)22(27)15-23(21)32-25-9-5-6-14-31-25/h1,3,10-13,20-23,25,27H,2,4-9,14-17H2,(H,28,29)/b3-1-/t20-,21-,22+,23+,25?/m0/s1. The number of halogens is 1. The number of allylic oxidation sites excluding steroid dienone is 2. The molecule has 1 aliphatic carbocycles. The smallest absolute Gasteiger partial charge is 0.303 e. The number of carbonyl (C=O) groups is 1. The van der Waals surface area contributed by atoms with Crippen LogP contribution >= 0.6 is 0 Å². The van der Waals surface area contributed by atoms with Crippen molar-refractivity contribution in [1.82, 2.24) is 0 Å². The molecule has 1 aromatic rings. The molecule has 178 valence electrons. The fraction of sp³-hybridized carbons (Fsp3) is 0.640. The summed E-state index contributed by atoms with van der Waals surface area (Å²) in [7, 11) is 0. The Morgan fingerprint density at radius 1 is 1.19 bits per heavy atom. The Morgan fingerprint density at radius 3 is 2.72 bits per heavy atom. The van der Waals surface area contributed by atoms with Crippen molar-refractivity contribution in [3.8, 4) is 0 Å². The number of aliphatic carboxylic acids is 1. The van der Waals surface area contributed by atoms with E-state index in [1.807, 2.05) is 12.2 Å². The third-order valence-electron chi connectivity index (χ3n) is 6.29. The number of ether oxygens (including phenoxy) is 3. The van der Waals surface area contributed by atoms with Gasteiger partial charge in [-0.1, -0.05) is 24.3 Å². The van der Waals surface area contributed by atoms with Crippen LogP contribution in [0.5, 0.6) is 0 Å². The van der Waals surface area contributed by atoms with E-state index in [4.69, 9.17) is 19.3 Å². The van der Waals surface area contributed by atoms with Crippen LogP contribution in [0, 0.1) is 17.7 Å². The number of aliphatic hydroxyl groups excluding tert-OH is 1. The lowest BCUT2D eigenvalue weighted by atomic mass is 9.91. The molecule has 1 aliphatic heterocycles. The zero-order chi connectivity index (χ0) is 22.8. The van der Waals surface area contributed by atoms with Crippen molar-refractivity contribution in [2.24, 2.45) is 11.8 Å². The second-order valence-corrected chi connectivity index (χ2v) is 8.74. The Kier molecular flexibility index (Phi) is 10.1. The number of aliphatic hydroxyl groups is 1. The normalized spacial score (nSPS) is 28.4. The van der Waals surface area contributed by atoms with E-state index >= 15 is 0 Å². The van der Waals surface area contributed by atoms with Crippen LogP contribution in [-0.2, 0) is 25.6 Å². The van der Waals surface area contributed by atoms with Gasteiger partial charge in [-0.15, -0.1) is 0 Å². The lowest BCUT2D eigenvalue weighted by molar-refractivity contribution is -0.199. The Labute approximate surface area is 189 Å². The van der Waals surface area contributed by atoms with Gasteiger partial charge in [0.1, 0.15) is 5.82 Å². The number of rotatable bonds is 12. The minimum absolute atomic E-state index is 0.00691. The number of hydrogen-bond donors (Lipinski definition) is 2. The molecular weight excluding hydrogens is 415 g/mol. The van der Waals surface area contributed by atoms with Gasteiger partial charge in [-0.25, -0.2) is 4.39 Å². The van der Waals surface area contributed by atoms with Crippen molar-refractivity contribution in [3.63, 3.8) is 0 Å². The van der Waals surface area contributed by atoms with Gasteiger partial charge in [-0.3, -0.25) is 4.79 Å². The van der Waals surface area contributed by atoms with Crippen molar-refractivity contribution in [3.05, 3.63) is 47.8 Å². The first kappa shape index (κ1) is 24.8. The summed E-state index contributed by atoms with van der Waals surface area (Å²) >= 11 is 0. The predicted molar refractivity (Wildman–Crippen MR) is 117 cm³/mol. The summed E-state index contributed by atoms with van der Waals surface area (Å²) in [4.78, 5) is 10.6. The molecule has 0 spiro atoms. The minimum atomic E-state index is -0.784. The summed E-state index contributed by atoms with van der Waals surface area (Å²) in [5.74, 6) is -1.05. The molecule has 0 aromatic heterocycles. The summed E-state index contributed by atoms with van der Waals surface area (Å²) in [6, 6.07) is 6.25. The van der Waals surface area contributed by atoms with Gasteiger partial charge in [-0.2, -0.15) is 0 Å². The molecule has 2 aliphatic rings. The van der Waals surface area contributed by atoms with Crippen molar-refractivity contribution in [2.75, 3.05) is 13.2 Å². The summed E-state index contributed by atoms with van der Waals surface area (Å²) in [6.45, 7) is 1.51. The fourth-order valence-corrected chi connectivity index (χ4v) is 4.52. The zero-order valence-corrected chi connectivity index (χ0v) is 18.5. The summed E-state index contributed by atoms with van der Waals surface area (Å²) < 4.78 is 31.1. The Hall–Kier alpha value is -1.80. The topological polar surface area (TPSA) is 85.2 Å². The quantitative estimate of drug-likeness (QED) is 0.361. The molecule has 1 aromatic carbocycles. The van der Waals surface area contributed by atoms with Gasteiger partial charge in [0, 0.05) is 25.4 Å². The van der Waals surface area contributed by atoms with Gasteiger partial charge in [0.2, 0.25) is 0 Å². The predicted octanol–water partition coefficient (Wildman–Crippen LogP) is 4.45. The SMILES string of the molecule is O=C(O)CCC/C=C\C[C@H]1[C@H](COCc2ccc(F)cc2)[C@H](OC2CCCCO2)C[C@H]1O. The Bertz CT molecular complexity index is 716. The first-order valence-corrected chi connectivity index (χ1v) is 11.7. The van der Waals surface area contributed by atoms with E-state index in [9.17, 15) is 14.3 Å². The van der Waals surface area contributed by atoms with E-state index in [-0.39, 0.29) is 36.5 Å². The maximum Gasteiger partial charge on any atom is 0.303 e. The van der Waals surface area contributed by atoms with E-state index in [0.29, 0.717) is 45.5 Å². The molecule has 0 bridgehead atoms. The number of carboxylic acid groups (broad SMARTS) is 1. The van der Waals surface area contributed by atoms with Gasteiger partial charge in [0.15, 0.2) is 6.29 Å². The number of unbranched alkanes of at least 4 members (excludes halogenated alkanes) is 1. The Morgan fingerprint density at radius 2 is 2.00 bits per heavy atom. The van der Waals surface area contributed by atoms with E-state index in [1.165, 1.54) is 12.1 Å². The van der Waals surface area contributed by atoms with Crippen molar-refractivity contribution in [2.45, 2.75) is 76.5 Å². The number of benzene rings is 1. The average molecular weight is 451 g/mol. The molecule has 1 saturated carbocycles. The highest BCUT2D eigenvalue weighted by molar-refractivity contribution is 5.66. The second kappa shape index (κ2) is 13.0. The van der Waals surface area contributed by atoms with Crippen LogP contribution in [0.1, 0.15) is 56.9 Å². The molecular formula is C25H35FO6. The lowest BCUT2D eigenvalue weighted by Gasteiger charge is -2.30. The molecule has 2 fully saturated rings. The van der Waals surface area contributed by atoms with Crippen LogP contribution < -0.4 is 0 Å². The Balaban J connectivity index is 1.56. The maximum atomic E-state index is 13.1. The minimum Gasteiger partial charge on any atom is -0.481 e. The highest BCUT2D eigenvalue weighted by Crippen LogP contribution is 2.39. The largest absolute Gasteiger partial charge is 0.481 e. The molecule has 0 radical (unpaired) electrons. The molecule has 7 heteroatoms. The lowest BCUT2D eigenvalue weighted by Crippen LogP contribution is -2.33. The molecule has 1 unspecified atom stereocenters. The van der Waals surface area contributed by atoms with Crippen LogP contribution in [0.3, 0.4) is 0 Å². The highest BCUT2D eigenvalue weighted by atomic mass is 19.1. The molecule has 0 amide bonds. The van der Waals surface area contributed by atoms with E-state index in [2.05, 4.69) is 0 Å². The van der Waals surface area contributed by atoms with Crippen molar-refractivity contribution in [1.29, 1.82) is 0 Å². The van der Waals surface area contributed by atoms with E-state index in [0.717, 1.165) is 24.8 Å². The number of carboxylic acids is 1. The first-order chi connectivity index (χ1) is 15.5. The van der Waals surface area contributed by atoms with Gasteiger partial charge in [0.05, 0.1) is 25.4 Å². The second-order valence-electron chi connectivity index (χ2n) is 8.74. The van der Waals surface area contributed by atoms with Crippen molar-refractivity contribution < 1.29 is 33.6 Å². The van der Waals surface area contributed by atoms with E-state index in [1.54, 1.807) is 12.1 Å². The molecule has 2 N–H and O–H groups in total. The van der Waals surface area contributed by atoms with Crippen LogP contribution in [0.25, 0.3) is 0 Å². The molecule has 1 heterocycles. The van der Waals surface area contributed by atoms with Crippen LogP contribution in [-0.4, -0.2) is 47.9 Å². The molecule has 32 heavy (non-hydrogen) atoms. The highest BCUT2D eigenvalue weighted by Gasteiger charge is 2.43. The van der Waals surface area contributed by atoms with Crippen LogP contribution in [0.4, 0.5) is 4.39 Å². The average Bonchev–Trinajstić information content (AvgIpc) is 3.06. The third-order valence-corrected chi connectivity index (χ3v) is 6.29. The van der Waals surface area contributed by atoms with Gasteiger partial charge < -0.3 is 24.4 Å². The molecule has 5 atom stereocenters. The third kappa shape index (κ3) is 7.96. The van der Waals surface area contributed by atoms with Gasteiger partial charge in [-0.05, 0) is 62.1 Å². The summed E-state index contributed by atoms with van der Waals surface area (Å²) in [5, 5.41) is 19.5. The van der Waals surface area contributed by atoms with E-state index < -0.39 is 12.1 Å². The summed E-state index contributed by atoms with van der Waals surface area (Å²) in [6.07, 6.45) is 8.84. The maximum absolute atomic E-state index is 13.1. The van der Waals surface area contributed by atoms with Gasteiger partial charge in [0.25, 0.3) is 0 Å². The number of hydrogen-bond acceptors (Lipinski definition) is 5. The van der Waals surface area contributed by atoms with Crippen LogP contribution in [0.15, 0.2) is 36.4 Å². The zero-order valence-electron chi connectivity index (χ0n) is 18.5.